The SMILES string of the molecule is CCCCNC(=S)Nc1sc(C)c(-c2ccccc2)c1C(=O)OC. The third-order valence-corrected chi connectivity index (χ3v) is 4.85. The molecule has 0 aliphatic rings. The Morgan fingerprint density at radius 3 is 2.62 bits per heavy atom. The van der Waals surface area contributed by atoms with Gasteiger partial charge in [0.25, 0.3) is 0 Å². The summed E-state index contributed by atoms with van der Waals surface area (Å²) in [5.41, 5.74) is 2.42. The fourth-order valence-corrected chi connectivity index (χ4v) is 3.75. The lowest BCUT2D eigenvalue weighted by atomic mass is 10.0. The zero-order chi connectivity index (χ0) is 17.5. The van der Waals surface area contributed by atoms with E-state index in [1.54, 1.807) is 0 Å². The van der Waals surface area contributed by atoms with E-state index in [0.717, 1.165) is 35.4 Å². The average Bonchev–Trinajstić information content (AvgIpc) is 2.91. The summed E-state index contributed by atoms with van der Waals surface area (Å²) in [6, 6.07) is 9.84. The molecule has 0 radical (unpaired) electrons. The van der Waals surface area contributed by atoms with Gasteiger partial charge in [-0.1, -0.05) is 43.7 Å². The number of nitrogens with one attached hydrogen (secondary N) is 2. The first-order valence-corrected chi connectivity index (χ1v) is 9.12. The zero-order valence-corrected chi connectivity index (χ0v) is 15.8. The Labute approximate surface area is 152 Å². The summed E-state index contributed by atoms with van der Waals surface area (Å²) < 4.78 is 5.00. The van der Waals surface area contributed by atoms with E-state index in [-0.39, 0.29) is 5.97 Å². The maximum absolute atomic E-state index is 12.4. The molecule has 24 heavy (non-hydrogen) atoms. The molecule has 2 aromatic rings. The molecule has 1 heterocycles. The minimum Gasteiger partial charge on any atom is -0.465 e. The number of thiocarbonyl (C=S) groups is 1. The number of unbranched alkanes of at least 4 members (excludes halogenated alkanes) is 1. The van der Waals surface area contributed by atoms with E-state index in [9.17, 15) is 4.79 Å². The molecule has 0 aliphatic carbocycles. The maximum atomic E-state index is 12.4. The van der Waals surface area contributed by atoms with Crippen LogP contribution in [0.5, 0.6) is 0 Å². The minimum atomic E-state index is -0.364. The Morgan fingerprint density at radius 1 is 1.29 bits per heavy atom. The highest BCUT2D eigenvalue weighted by molar-refractivity contribution is 7.80. The average molecular weight is 363 g/mol. The number of carbonyl (C=O) groups excluding carboxylic acids is 1. The van der Waals surface area contributed by atoms with Crippen molar-refractivity contribution in [3.63, 3.8) is 0 Å². The van der Waals surface area contributed by atoms with Gasteiger partial charge in [0.05, 0.1) is 7.11 Å². The molecule has 0 unspecified atom stereocenters. The van der Waals surface area contributed by atoms with E-state index < -0.39 is 0 Å². The van der Waals surface area contributed by atoms with Crippen LogP contribution in [-0.2, 0) is 4.74 Å². The van der Waals surface area contributed by atoms with Crippen LogP contribution in [0.1, 0.15) is 35.0 Å². The largest absolute Gasteiger partial charge is 0.465 e. The van der Waals surface area contributed by atoms with Crippen molar-refractivity contribution < 1.29 is 9.53 Å². The fraction of sp³-hybridized carbons (Fsp3) is 0.333. The Hall–Kier alpha value is -1.92. The van der Waals surface area contributed by atoms with Gasteiger partial charge in [-0.3, -0.25) is 0 Å². The molecule has 1 aromatic carbocycles. The summed E-state index contributed by atoms with van der Waals surface area (Å²) in [7, 11) is 1.39. The molecule has 0 aliphatic heterocycles. The van der Waals surface area contributed by atoms with Crippen LogP contribution in [0.4, 0.5) is 5.00 Å². The van der Waals surface area contributed by atoms with E-state index in [1.165, 1.54) is 18.4 Å². The molecule has 2 N–H and O–H groups in total. The number of esters is 1. The van der Waals surface area contributed by atoms with Gasteiger partial charge in [-0.2, -0.15) is 0 Å². The van der Waals surface area contributed by atoms with Crippen LogP contribution in [0.3, 0.4) is 0 Å². The standard InChI is InChI=1S/C18H22N2O2S2/c1-4-5-11-19-18(23)20-16-15(17(21)22-3)14(12(2)24-16)13-9-7-6-8-10-13/h6-10H,4-5,11H2,1-3H3,(H2,19,20,23). The molecule has 6 heteroatoms. The number of carbonyl (C=O) groups is 1. The second-order valence-electron chi connectivity index (χ2n) is 5.33. The van der Waals surface area contributed by atoms with Crippen molar-refractivity contribution in [3.05, 3.63) is 40.8 Å². The van der Waals surface area contributed by atoms with Gasteiger partial charge in [-0.15, -0.1) is 11.3 Å². The molecule has 128 valence electrons. The molecule has 0 saturated carbocycles. The van der Waals surface area contributed by atoms with Gasteiger partial charge in [-0.25, -0.2) is 4.79 Å². The highest BCUT2D eigenvalue weighted by atomic mass is 32.1. The van der Waals surface area contributed by atoms with Crippen LogP contribution in [0.2, 0.25) is 0 Å². The van der Waals surface area contributed by atoms with Gasteiger partial charge in [0.1, 0.15) is 10.6 Å². The van der Waals surface area contributed by atoms with Crippen molar-refractivity contribution in [1.82, 2.24) is 5.32 Å². The summed E-state index contributed by atoms with van der Waals surface area (Å²) in [5.74, 6) is -0.364. The van der Waals surface area contributed by atoms with Gasteiger partial charge in [-0.05, 0) is 31.1 Å². The molecule has 0 saturated heterocycles. The number of thiophene rings is 1. The first-order valence-electron chi connectivity index (χ1n) is 7.90. The predicted molar refractivity (Wildman–Crippen MR) is 105 cm³/mol. The highest BCUT2D eigenvalue weighted by Gasteiger charge is 2.24. The minimum absolute atomic E-state index is 0.364. The van der Waals surface area contributed by atoms with E-state index in [0.29, 0.717) is 15.7 Å². The lowest BCUT2D eigenvalue weighted by Gasteiger charge is -2.11. The Morgan fingerprint density at radius 2 is 2.00 bits per heavy atom. The fourth-order valence-electron chi connectivity index (χ4n) is 2.41. The van der Waals surface area contributed by atoms with Crippen molar-refractivity contribution >= 4 is 39.6 Å². The van der Waals surface area contributed by atoms with Crippen molar-refractivity contribution in [3.8, 4) is 11.1 Å². The van der Waals surface area contributed by atoms with Crippen molar-refractivity contribution in [2.24, 2.45) is 0 Å². The molecule has 0 spiro atoms. The number of aryl methyl sites for hydroxylation is 1. The highest BCUT2D eigenvalue weighted by Crippen LogP contribution is 2.40. The summed E-state index contributed by atoms with van der Waals surface area (Å²) >= 11 is 6.84. The van der Waals surface area contributed by atoms with E-state index in [2.05, 4.69) is 17.6 Å². The number of hydrogen-bond donors (Lipinski definition) is 2. The smallest absolute Gasteiger partial charge is 0.341 e. The third-order valence-electron chi connectivity index (χ3n) is 3.58. The zero-order valence-electron chi connectivity index (χ0n) is 14.1. The second kappa shape index (κ2) is 8.80. The monoisotopic (exact) mass is 362 g/mol. The van der Waals surface area contributed by atoms with Crippen LogP contribution < -0.4 is 10.6 Å². The lowest BCUT2D eigenvalue weighted by molar-refractivity contribution is 0.0603. The van der Waals surface area contributed by atoms with Crippen molar-refractivity contribution in [2.45, 2.75) is 26.7 Å². The third kappa shape index (κ3) is 4.33. The number of benzene rings is 1. The number of anilines is 1. The summed E-state index contributed by atoms with van der Waals surface area (Å²) in [5, 5.41) is 7.55. The van der Waals surface area contributed by atoms with Crippen LogP contribution in [0.15, 0.2) is 30.3 Å². The molecule has 4 nitrogen and oxygen atoms in total. The van der Waals surface area contributed by atoms with Crippen LogP contribution >= 0.6 is 23.6 Å². The number of ether oxygens (including phenoxy) is 1. The molecule has 0 fully saturated rings. The molecular weight excluding hydrogens is 340 g/mol. The summed E-state index contributed by atoms with van der Waals surface area (Å²) in [4.78, 5) is 13.4. The van der Waals surface area contributed by atoms with Gasteiger partial charge >= 0.3 is 5.97 Å². The van der Waals surface area contributed by atoms with Gasteiger partial charge in [0.2, 0.25) is 0 Å². The van der Waals surface area contributed by atoms with Crippen molar-refractivity contribution in [2.75, 3.05) is 19.0 Å². The predicted octanol–water partition coefficient (Wildman–Crippen LogP) is 4.60. The Bertz CT molecular complexity index is 711. The Balaban J connectivity index is 2.35. The Kier molecular flexibility index (Phi) is 6.75. The number of hydrogen-bond acceptors (Lipinski definition) is 4. The van der Waals surface area contributed by atoms with Crippen LogP contribution in [0.25, 0.3) is 11.1 Å². The molecular formula is C18H22N2O2S2. The van der Waals surface area contributed by atoms with Gasteiger partial charge in [0.15, 0.2) is 5.11 Å². The quantitative estimate of drug-likeness (QED) is 0.447. The van der Waals surface area contributed by atoms with E-state index in [1.807, 2.05) is 37.3 Å². The van der Waals surface area contributed by atoms with Gasteiger partial charge < -0.3 is 15.4 Å². The van der Waals surface area contributed by atoms with Crippen LogP contribution in [-0.4, -0.2) is 24.7 Å². The van der Waals surface area contributed by atoms with Gasteiger partial charge in [0, 0.05) is 17.0 Å². The lowest BCUT2D eigenvalue weighted by Crippen LogP contribution is -2.29. The molecule has 0 bridgehead atoms. The van der Waals surface area contributed by atoms with E-state index in [4.69, 9.17) is 17.0 Å². The number of methoxy groups -OCH3 is 1. The molecule has 1 aromatic heterocycles. The maximum Gasteiger partial charge on any atom is 0.341 e. The summed E-state index contributed by atoms with van der Waals surface area (Å²) in [6.07, 6.45) is 2.14. The molecule has 2 rings (SSSR count). The molecule has 0 amide bonds. The number of rotatable bonds is 6. The normalized spacial score (nSPS) is 10.3. The second-order valence-corrected chi connectivity index (χ2v) is 6.96. The van der Waals surface area contributed by atoms with E-state index >= 15 is 0 Å². The molecule has 0 atom stereocenters. The first-order chi connectivity index (χ1) is 11.6. The van der Waals surface area contributed by atoms with Crippen LogP contribution in [0, 0.1) is 6.92 Å². The topological polar surface area (TPSA) is 50.4 Å². The van der Waals surface area contributed by atoms with Crippen molar-refractivity contribution in [1.29, 1.82) is 0 Å². The summed E-state index contributed by atoms with van der Waals surface area (Å²) in [6.45, 7) is 4.94. The first kappa shape index (κ1) is 18.4.